The summed E-state index contributed by atoms with van der Waals surface area (Å²) in [6, 6.07) is 24.1. The summed E-state index contributed by atoms with van der Waals surface area (Å²) in [7, 11) is 4.02. The number of aryl methyl sites for hydroxylation is 2. The number of fused-ring (bicyclic) bond motifs is 1. The lowest BCUT2D eigenvalue weighted by atomic mass is 9.95. The molecule has 6 rings (SSSR count). The highest BCUT2D eigenvalue weighted by molar-refractivity contribution is 7.59. The van der Waals surface area contributed by atoms with E-state index in [0.29, 0.717) is 0 Å². The van der Waals surface area contributed by atoms with Gasteiger partial charge >= 0.3 is 0 Å². The second-order valence-corrected chi connectivity index (χ2v) is 17.4. The molecule has 1 aliphatic heterocycles. The molecule has 1 aromatic heterocycles. The number of nitrogens with one attached hydrogen (secondary N) is 1. The third kappa shape index (κ3) is 27.0. The van der Waals surface area contributed by atoms with Gasteiger partial charge in [0.2, 0.25) is 0 Å². The van der Waals surface area contributed by atoms with Gasteiger partial charge in [-0.3, -0.25) is 4.98 Å². The number of hydrogen-bond acceptors (Lipinski definition) is 5. The van der Waals surface area contributed by atoms with Crippen molar-refractivity contribution in [2.75, 3.05) is 20.6 Å². The first kappa shape index (κ1) is 74.2. The number of hydrogen-bond donors (Lipinski definition) is 1. The van der Waals surface area contributed by atoms with Gasteiger partial charge in [-0.05, 0) is 142 Å². The zero-order chi connectivity index (χ0) is 58.7. The summed E-state index contributed by atoms with van der Waals surface area (Å²) in [6.07, 6.45) is 45.1. The molecule has 5 nitrogen and oxygen atoms in total. The maximum atomic E-state index is 5.14. The Hall–Kier alpha value is -6.86. The molecule has 0 saturated carbocycles. The van der Waals surface area contributed by atoms with E-state index < -0.39 is 0 Å². The highest BCUT2D eigenvalue weighted by Crippen LogP contribution is 2.30. The van der Waals surface area contributed by atoms with Crippen molar-refractivity contribution in [3.8, 4) is 11.1 Å². The Labute approximate surface area is 490 Å². The molecule has 4 aromatic rings. The summed E-state index contributed by atoms with van der Waals surface area (Å²) in [5, 5.41) is 5.53. The Kier molecular flexibility index (Phi) is 43.3. The van der Waals surface area contributed by atoms with Crippen molar-refractivity contribution < 1.29 is 0 Å². The van der Waals surface area contributed by atoms with Gasteiger partial charge in [0.25, 0.3) is 0 Å². The number of benzene rings is 3. The van der Waals surface area contributed by atoms with Crippen molar-refractivity contribution in [3.63, 3.8) is 0 Å². The number of allylic oxidation sites excluding steroid dienone is 16. The minimum absolute atomic E-state index is 0. The van der Waals surface area contributed by atoms with E-state index in [2.05, 4.69) is 189 Å². The van der Waals surface area contributed by atoms with Crippen molar-refractivity contribution in [1.82, 2.24) is 15.2 Å². The second-order valence-electron chi connectivity index (χ2n) is 17.4. The smallest absolute Gasteiger partial charge is 0.154 e. The van der Waals surface area contributed by atoms with E-state index in [9.17, 15) is 0 Å². The van der Waals surface area contributed by atoms with Gasteiger partial charge in [-0.2, -0.15) is 13.5 Å². The van der Waals surface area contributed by atoms with Crippen LogP contribution in [0.25, 0.3) is 39.6 Å². The molecular formula is C73H103N5S. The highest BCUT2D eigenvalue weighted by atomic mass is 32.1. The fourth-order valence-electron chi connectivity index (χ4n) is 7.86. The zero-order valence-corrected chi connectivity index (χ0v) is 53.0. The van der Waals surface area contributed by atoms with Crippen LogP contribution in [-0.2, 0) is 0 Å². The predicted octanol–water partition coefficient (Wildman–Crippen LogP) is 21.0. The summed E-state index contributed by atoms with van der Waals surface area (Å²) in [4.78, 5) is 17.0. The minimum Gasteiger partial charge on any atom is -0.337 e. The summed E-state index contributed by atoms with van der Waals surface area (Å²) < 4.78 is 0. The molecule has 0 saturated heterocycles. The van der Waals surface area contributed by atoms with Gasteiger partial charge in [0, 0.05) is 37.0 Å². The molecule has 2 heterocycles. The van der Waals surface area contributed by atoms with Crippen LogP contribution in [0.5, 0.6) is 0 Å². The number of rotatable bonds is 17. The van der Waals surface area contributed by atoms with Gasteiger partial charge in [-0.15, -0.1) is 0 Å². The zero-order valence-electron chi connectivity index (χ0n) is 52.0. The quantitative estimate of drug-likeness (QED) is 0.0847. The molecule has 1 N–H and O–H groups in total. The number of amidine groups is 2. The van der Waals surface area contributed by atoms with Gasteiger partial charge < -0.3 is 10.2 Å². The molecule has 0 spiro atoms. The Bertz CT molecular complexity index is 2760. The predicted molar refractivity (Wildman–Crippen MR) is 367 cm³/mol. The van der Waals surface area contributed by atoms with E-state index in [1.807, 2.05) is 146 Å². The molecule has 2 atom stereocenters. The maximum absolute atomic E-state index is 5.14. The number of pyridine rings is 1. The van der Waals surface area contributed by atoms with E-state index in [-0.39, 0.29) is 25.6 Å². The lowest BCUT2D eigenvalue weighted by Gasteiger charge is -2.35. The molecule has 0 amide bonds. The van der Waals surface area contributed by atoms with Gasteiger partial charge in [-0.25, -0.2) is 9.98 Å². The molecule has 6 heteroatoms. The summed E-state index contributed by atoms with van der Waals surface area (Å²) in [5.74, 6) is 1.95. The van der Waals surface area contributed by atoms with E-state index in [0.717, 1.165) is 77.4 Å². The third-order valence-corrected chi connectivity index (χ3v) is 11.7. The molecule has 0 bridgehead atoms. The van der Waals surface area contributed by atoms with E-state index in [1.165, 1.54) is 38.6 Å². The first-order valence-electron chi connectivity index (χ1n) is 28.6. The van der Waals surface area contributed by atoms with Crippen LogP contribution in [0.3, 0.4) is 0 Å². The van der Waals surface area contributed by atoms with Crippen LogP contribution < -0.4 is 5.32 Å². The average Bonchev–Trinajstić information content (AvgIpc) is 3.77. The van der Waals surface area contributed by atoms with Gasteiger partial charge in [0.1, 0.15) is 12.0 Å². The van der Waals surface area contributed by atoms with Crippen molar-refractivity contribution in [3.05, 3.63) is 241 Å². The number of nitrogens with zero attached hydrogens (tertiary/aromatic N) is 4. The maximum Gasteiger partial charge on any atom is 0.154 e. The van der Waals surface area contributed by atoms with Crippen molar-refractivity contribution in [2.45, 2.75) is 136 Å². The fraction of sp³-hybridized carbons (Fsp3) is 0.329. The highest BCUT2D eigenvalue weighted by Gasteiger charge is 2.29. The Balaban J connectivity index is 0. The summed E-state index contributed by atoms with van der Waals surface area (Å²) in [6.45, 7) is 43.2. The molecule has 79 heavy (non-hydrogen) atoms. The molecular weight excluding hydrogens is 979 g/mol. The monoisotopic (exact) mass is 1080 g/mol. The lowest BCUT2D eigenvalue weighted by Crippen LogP contribution is -2.43. The number of likely N-dealkylation sites (N-methyl/N-ethyl adjacent to an activating group) is 2. The fourth-order valence-corrected chi connectivity index (χ4v) is 7.86. The van der Waals surface area contributed by atoms with Crippen LogP contribution >= 0.6 is 13.5 Å². The Morgan fingerprint density at radius 2 is 1.47 bits per heavy atom. The van der Waals surface area contributed by atoms with E-state index >= 15 is 0 Å². The van der Waals surface area contributed by atoms with Crippen molar-refractivity contribution >= 4 is 53.7 Å². The van der Waals surface area contributed by atoms with Crippen LogP contribution in [0.4, 0.5) is 0 Å². The van der Waals surface area contributed by atoms with Crippen LogP contribution in [-0.4, -0.2) is 48.4 Å². The molecule has 1 aliphatic carbocycles. The van der Waals surface area contributed by atoms with Crippen LogP contribution in [0, 0.1) is 19.8 Å². The number of aromatic nitrogens is 1. The van der Waals surface area contributed by atoms with Gasteiger partial charge in [0.05, 0.1) is 0 Å². The molecule has 0 radical (unpaired) electrons. The minimum atomic E-state index is -0.157. The molecule has 426 valence electrons. The summed E-state index contributed by atoms with van der Waals surface area (Å²) >= 11 is 0. The van der Waals surface area contributed by atoms with Crippen LogP contribution in [0.1, 0.15) is 144 Å². The molecule has 2 aliphatic rings. The van der Waals surface area contributed by atoms with Gasteiger partial charge in [-0.1, -0.05) is 258 Å². The summed E-state index contributed by atoms with van der Waals surface area (Å²) in [5.41, 5.74) is 12.8. The Morgan fingerprint density at radius 3 is 2.05 bits per heavy atom. The SMILES string of the molecule is C/C=C\CNC.C=C/C=C(\C=C/C)[C@@H]1N=C(C2=CC=CCCC2)N=C(C(C)/C=C/c2ccc(-c3cc4ccccc4cc3C)cc2)N1C.C=C/C=C(\C=C/CC(=C)C)c1cnc(C)c(/C=C\C=C/C)c1.CC.CC.CC.CC.S. The van der Waals surface area contributed by atoms with E-state index in [4.69, 9.17) is 9.98 Å². The molecule has 0 fully saturated rings. The first-order chi connectivity index (χ1) is 38.0. The standard InChI is InChI=1S/C39H41N3.C21H25N.C5H11N.4C2H6.H2S/c1-6-14-33(15-7-2)39-41-37(32-16-10-8-9-11-17-32)40-38(42(39)5)28(3)20-21-30-22-24-31(25-23-30)36-27-35-19-13-12-18-34(35)26-29(36)4;1-6-8-9-13-20-15-21(16-22-18(20)5)19(11-7-2)14-10-12-17(3)4;1-3-4-5-6-2;4*1-2;/h6-8,10,12-16,18-28,39H,1,9,11,17H2,2-5H3;6-11,13-16H,2-3,12H2,1,4-5H3;3-4,6H,5H2,1-2H3;4*1-2H3;1H2/b15-7-,21-20+,33-14+;8-6-,13-9-,14-10-,19-11+;4-3-;;;;;/t28?,39-;;;;;;;/m1......./s1. The molecule has 3 aromatic carbocycles. The third-order valence-electron chi connectivity index (χ3n) is 11.7. The second kappa shape index (κ2) is 46.1. The largest absolute Gasteiger partial charge is 0.337 e. The topological polar surface area (TPSA) is 52.9 Å². The number of aliphatic imine (C=N–C) groups is 2. The normalized spacial score (nSPS) is 14.5. The van der Waals surface area contributed by atoms with Gasteiger partial charge in [0.15, 0.2) is 5.84 Å². The van der Waals surface area contributed by atoms with Crippen molar-refractivity contribution in [2.24, 2.45) is 15.9 Å². The average molecular weight is 1080 g/mol. The van der Waals surface area contributed by atoms with Crippen LogP contribution in [0.15, 0.2) is 223 Å². The lowest BCUT2D eigenvalue weighted by molar-refractivity contribution is 0.405. The van der Waals surface area contributed by atoms with Crippen LogP contribution in [0.2, 0.25) is 0 Å². The Morgan fingerprint density at radius 1 is 0.810 bits per heavy atom. The first-order valence-corrected chi connectivity index (χ1v) is 28.6. The molecule has 1 unspecified atom stereocenters. The van der Waals surface area contributed by atoms with Crippen molar-refractivity contribution in [1.29, 1.82) is 0 Å². The van der Waals surface area contributed by atoms with E-state index in [1.54, 1.807) is 6.08 Å².